The van der Waals surface area contributed by atoms with E-state index < -0.39 is 10.8 Å². The van der Waals surface area contributed by atoms with Gasteiger partial charge in [0.1, 0.15) is 4.67 Å². The zero-order valence-electron chi connectivity index (χ0n) is 15.5. The second kappa shape index (κ2) is 8.43. The number of nitro benzene ring substituents is 1. The molecule has 0 radical (unpaired) electrons. The lowest BCUT2D eigenvalue weighted by atomic mass is 10.2. The molecule has 0 saturated carbocycles. The van der Waals surface area contributed by atoms with Crippen LogP contribution < -0.4 is 4.67 Å². The average molecular weight is 472 g/mol. The third-order valence-corrected chi connectivity index (χ3v) is 5.92. The Morgan fingerprint density at radius 1 is 0.903 bits per heavy atom. The maximum atomic E-state index is 13.1. The van der Waals surface area contributed by atoms with Gasteiger partial charge < -0.3 is 0 Å². The van der Waals surface area contributed by atoms with Gasteiger partial charge in [-0.1, -0.05) is 23.2 Å². The fourth-order valence-corrected chi connectivity index (χ4v) is 4.12. The highest BCUT2D eigenvalue weighted by molar-refractivity contribution is 7.06. The monoisotopic (exact) mass is 471 g/mol. The number of nitrogens with zero attached hydrogens (tertiary/aromatic N) is 3. The quantitative estimate of drug-likeness (QED) is 0.297. The zero-order chi connectivity index (χ0) is 22.1. The number of amides is 1. The van der Waals surface area contributed by atoms with Gasteiger partial charge in [0.25, 0.3) is 17.5 Å². The minimum atomic E-state index is -0.558. The Labute approximate surface area is 189 Å². The minimum absolute atomic E-state index is 0.174. The normalized spacial score (nSPS) is 11.6. The second-order valence-electron chi connectivity index (χ2n) is 6.39. The number of hydrogen-bond donors (Lipinski definition) is 0. The lowest BCUT2D eigenvalue weighted by molar-refractivity contribution is -0.384. The summed E-state index contributed by atoms with van der Waals surface area (Å²) in [6.07, 6.45) is 0. The Morgan fingerprint density at radius 2 is 1.48 bits per heavy atom. The summed E-state index contributed by atoms with van der Waals surface area (Å²) in [6, 6.07) is 16.6. The molecule has 1 aromatic heterocycles. The zero-order valence-corrected chi connectivity index (χ0v) is 17.8. The lowest BCUT2D eigenvalue weighted by Gasteiger charge is -2.03. The Balaban J connectivity index is 1.89. The van der Waals surface area contributed by atoms with Gasteiger partial charge in [-0.2, -0.15) is 4.99 Å². The smallest absolute Gasteiger partial charge is 0.267 e. The van der Waals surface area contributed by atoms with E-state index in [0.717, 1.165) is 11.5 Å². The summed E-state index contributed by atoms with van der Waals surface area (Å²) in [5.74, 6) is -0.932. The highest BCUT2D eigenvalue weighted by Crippen LogP contribution is 2.23. The van der Waals surface area contributed by atoms with E-state index in [9.17, 15) is 19.7 Å². The van der Waals surface area contributed by atoms with Crippen molar-refractivity contribution in [3.63, 3.8) is 0 Å². The molecular weight excluding hydrogens is 461 g/mol. The van der Waals surface area contributed by atoms with E-state index in [1.807, 2.05) is 0 Å². The number of hydrogen-bond acceptors (Lipinski definition) is 5. The van der Waals surface area contributed by atoms with E-state index in [-0.39, 0.29) is 16.3 Å². The van der Waals surface area contributed by atoms with Crippen molar-refractivity contribution < 1.29 is 14.5 Å². The molecule has 3 aromatic carbocycles. The summed E-state index contributed by atoms with van der Waals surface area (Å²) < 4.78 is 1.52. The van der Waals surface area contributed by atoms with Gasteiger partial charge in [-0.3, -0.25) is 19.7 Å². The fourth-order valence-electron chi connectivity index (χ4n) is 2.86. The molecule has 1 amide bonds. The van der Waals surface area contributed by atoms with Crippen molar-refractivity contribution in [2.45, 2.75) is 0 Å². The minimum Gasteiger partial charge on any atom is -0.267 e. The van der Waals surface area contributed by atoms with E-state index in [4.69, 9.17) is 23.2 Å². The highest BCUT2D eigenvalue weighted by Gasteiger charge is 2.18. The molecule has 1 heterocycles. The van der Waals surface area contributed by atoms with Crippen LogP contribution in [0.2, 0.25) is 10.0 Å². The van der Waals surface area contributed by atoms with Crippen LogP contribution in [0.3, 0.4) is 0 Å². The predicted octanol–water partition coefficient (Wildman–Crippen LogP) is 5.35. The van der Waals surface area contributed by atoms with Crippen LogP contribution in [0.5, 0.6) is 0 Å². The number of halogens is 2. The van der Waals surface area contributed by atoms with Gasteiger partial charge >= 0.3 is 0 Å². The van der Waals surface area contributed by atoms with Crippen LogP contribution in [0.15, 0.2) is 71.7 Å². The first kappa shape index (κ1) is 20.9. The van der Waals surface area contributed by atoms with Crippen molar-refractivity contribution in [3.05, 3.63) is 103 Å². The van der Waals surface area contributed by atoms with Gasteiger partial charge in [0.15, 0.2) is 0 Å². The van der Waals surface area contributed by atoms with Crippen LogP contribution in [0.25, 0.3) is 10.9 Å². The molecule has 4 aromatic rings. The van der Waals surface area contributed by atoms with Crippen LogP contribution in [0.1, 0.15) is 20.7 Å². The SMILES string of the molecule is O=C(N=c1sn(C(=O)c2ccc(Cl)cc2)c2ccc([N+](=O)[O-])cc12)c1ccc(Cl)cc1. The molecule has 0 aliphatic rings. The molecule has 154 valence electrons. The summed E-state index contributed by atoms with van der Waals surface area (Å²) in [7, 11) is 0. The number of carbonyl (C=O) groups excluding carboxylic acids is 2. The number of carbonyl (C=O) groups is 2. The van der Waals surface area contributed by atoms with Crippen LogP contribution >= 0.6 is 34.7 Å². The highest BCUT2D eigenvalue weighted by atomic mass is 35.5. The molecule has 10 heteroatoms. The summed E-state index contributed by atoms with van der Waals surface area (Å²) in [5, 5.41) is 12.5. The van der Waals surface area contributed by atoms with Gasteiger partial charge in [0.05, 0.1) is 10.4 Å². The Morgan fingerprint density at radius 3 is 2.06 bits per heavy atom. The standard InChI is InChI=1S/C21H11Cl2N3O4S/c22-14-5-1-12(2-6-14)19(27)24-20-17-11-16(26(29)30)9-10-18(17)25(31-20)21(28)13-3-7-15(23)8-4-13/h1-11H. The topological polar surface area (TPSA) is 94.6 Å². The number of fused-ring (bicyclic) bond motifs is 1. The summed E-state index contributed by atoms with van der Waals surface area (Å²) in [4.78, 5) is 40.5. The third-order valence-electron chi connectivity index (χ3n) is 4.39. The Bertz CT molecular complexity index is 1410. The third kappa shape index (κ3) is 4.27. The van der Waals surface area contributed by atoms with Gasteiger partial charge in [0, 0.05) is 38.7 Å². The van der Waals surface area contributed by atoms with Crippen LogP contribution in [0.4, 0.5) is 5.69 Å². The molecule has 0 atom stereocenters. The number of non-ortho nitro benzene ring substituents is 1. The van der Waals surface area contributed by atoms with E-state index in [2.05, 4.69) is 4.99 Å². The van der Waals surface area contributed by atoms with E-state index >= 15 is 0 Å². The van der Waals surface area contributed by atoms with Gasteiger partial charge in [-0.15, -0.1) is 0 Å². The average Bonchev–Trinajstić information content (AvgIpc) is 3.11. The molecule has 0 aliphatic carbocycles. The summed E-state index contributed by atoms with van der Waals surface area (Å²) in [5.41, 5.74) is 0.892. The first-order chi connectivity index (χ1) is 14.8. The van der Waals surface area contributed by atoms with Gasteiger partial charge in [-0.25, -0.2) is 3.96 Å². The van der Waals surface area contributed by atoms with Crippen molar-refractivity contribution in [1.29, 1.82) is 0 Å². The van der Waals surface area contributed by atoms with E-state index in [0.29, 0.717) is 32.1 Å². The molecule has 0 bridgehead atoms. The summed E-state index contributed by atoms with van der Waals surface area (Å²) in [6.45, 7) is 0. The lowest BCUT2D eigenvalue weighted by Crippen LogP contribution is -2.09. The fraction of sp³-hybridized carbons (Fsp3) is 0. The Kier molecular flexibility index (Phi) is 5.69. The molecule has 31 heavy (non-hydrogen) atoms. The second-order valence-corrected chi connectivity index (χ2v) is 8.19. The van der Waals surface area contributed by atoms with Gasteiger partial charge in [0.2, 0.25) is 0 Å². The maximum Gasteiger partial charge on any atom is 0.278 e. The number of benzene rings is 3. The van der Waals surface area contributed by atoms with Crippen molar-refractivity contribution in [1.82, 2.24) is 3.96 Å². The first-order valence-electron chi connectivity index (χ1n) is 8.79. The maximum absolute atomic E-state index is 13.1. The summed E-state index contributed by atoms with van der Waals surface area (Å²) >= 11 is 12.7. The van der Waals surface area contributed by atoms with Crippen molar-refractivity contribution >= 4 is 63.1 Å². The largest absolute Gasteiger partial charge is 0.278 e. The molecule has 0 saturated heterocycles. The van der Waals surface area contributed by atoms with Crippen LogP contribution in [0, 0.1) is 10.1 Å². The molecular formula is C21H11Cl2N3O4S. The number of nitro groups is 1. The molecule has 0 unspecified atom stereocenters. The molecule has 0 aliphatic heterocycles. The van der Waals surface area contributed by atoms with E-state index in [1.54, 1.807) is 36.4 Å². The number of aromatic nitrogens is 1. The molecule has 4 rings (SSSR count). The molecule has 0 spiro atoms. The molecule has 7 nitrogen and oxygen atoms in total. The van der Waals surface area contributed by atoms with Crippen LogP contribution in [-0.2, 0) is 0 Å². The number of rotatable bonds is 3. The first-order valence-corrected chi connectivity index (χ1v) is 10.3. The predicted molar refractivity (Wildman–Crippen MR) is 119 cm³/mol. The van der Waals surface area contributed by atoms with Crippen LogP contribution in [-0.4, -0.2) is 20.7 Å². The van der Waals surface area contributed by atoms with Gasteiger partial charge in [-0.05, 0) is 66.1 Å². The van der Waals surface area contributed by atoms with Crippen molar-refractivity contribution in [3.8, 4) is 0 Å². The Hall–Kier alpha value is -3.33. The molecule has 0 fully saturated rings. The van der Waals surface area contributed by atoms with E-state index in [1.165, 1.54) is 34.3 Å². The van der Waals surface area contributed by atoms with Crippen molar-refractivity contribution in [2.75, 3.05) is 0 Å². The van der Waals surface area contributed by atoms with Crippen molar-refractivity contribution in [2.24, 2.45) is 4.99 Å². The molecule has 0 N–H and O–H groups in total.